The van der Waals surface area contributed by atoms with Crippen LogP contribution in [0.15, 0.2) is 24.3 Å². The molecule has 3 nitrogen and oxygen atoms in total. The van der Waals surface area contributed by atoms with Gasteiger partial charge in [-0.25, -0.2) is 4.79 Å². The summed E-state index contributed by atoms with van der Waals surface area (Å²) in [4.78, 5) is 13.9. The number of carboxylic acids is 1. The van der Waals surface area contributed by atoms with Crippen molar-refractivity contribution in [3.63, 3.8) is 0 Å². The number of hydrogen-bond acceptors (Lipinski definition) is 2. The van der Waals surface area contributed by atoms with Gasteiger partial charge >= 0.3 is 5.97 Å². The average Bonchev–Trinajstić information content (AvgIpc) is 2.32. The minimum atomic E-state index is -0.765. The highest BCUT2D eigenvalue weighted by Gasteiger charge is 2.40. The van der Waals surface area contributed by atoms with Gasteiger partial charge in [-0.3, -0.25) is 0 Å². The van der Waals surface area contributed by atoms with E-state index in [1.54, 1.807) is 0 Å². The monoisotopic (exact) mass is 287 g/mol. The zero-order chi connectivity index (χ0) is 15.9. The molecule has 1 heterocycles. The van der Waals surface area contributed by atoms with E-state index in [0.29, 0.717) is 0 Å². The van der Waals surface area contributed by atoms with Crippen LogP contribution in [0.5, 0.6) is 0 Å². The number of benzene rings is 1. The number of anilines is 1. The Morgan fingerprint density at radius 3 is 2.38 bits per heavy atom. The second kappa shape index (κ2) is 5.21. The number of allylic oxidation sites excluding steroid dienone is 1. The second-order valence-corrected chi connectivity index (χ2v) is 6.90. The van der Waals surface area contributed by atoms with E-state index in [1.807, 2.05) is 20.8 Å². The van der Waals surface area contributed by atoms with Gasteiger partial charge in [0.15, 0.2) is 0 Å². The maximum Gasteiger partial charge on any atom is 0.326 e. The smallest absolute Gasteiger partial charge is 0.326 e. The van der Waals surface area contributed by atoms with Gasteiger partial charge in [-0.05, 0) is 50.8 Å². The molecule has 1 aromatic rings. The normalized spacial score (nSPS) is 18.2. The number of hydrogen-bond donors (Lipinski definition) is 1. The standard InChI is InChI=1S/C18H25NO2/c1-11(2)16(17(20)21)19-15-9-12(3)7-8-14(15)13(4)10-18(19,5)6/h7-11,16H,1-6H3,(H,20,21)/t16-/m1/s1. The van der Waals surface area contributed by atoms with Crippen LogP contribution >= 0.6 is 0 Å². The van der Waals surface area contributed by atoms with Gasteiger partial charge in [-0.15, -0.1) is 0 Å². The summed E-state index contributed by atoms with van der Waals surface area (Å²) in [6.07, 6.45) is 2.17. The number of aliphatic carboxylic acids is 1. The van der Waals surface area contributed by atoms with Crippen LogP contribution in [0.2, 0.25) is 0 Å². The highest BCUT2D eigenvalue weighted by atomic mass is 16.4. The first-order valence-corrected chi connectivity index (χ1v) is 7.48. The van der Waals surface area contributed by atoms with Crippen molar-refractivity contribution in [3.8, 4) is 0 Å². The van der Waals surface area contributed by atoms with Crippen LogP contribution in [0.25, 0.3) is 5.57 Å². The fourth-order valence-corrected chi connectivity index (χ4v) is 3.36. The fraction of sp³-hybridized carbons (Fsp3) is 0.500. The molecule has 0 aliphatic carbocycles. The van der Waals surface area contributed by atoms with Crippen LogP contribution < -0.4 is 4.90 Å². The van der Waals surface area contributed by atoms with Gasteiger partial charge in [0.05, 0.1) is 5.54 Å². The summed E-state index contributed by atoms with van der Waals surface area (Å²) in [5.74, 6) is -0.736. The largest absolute Gasteiger partial charge is 0.480 e. The molecule has 0 radical (unpaired) electrons. The molecule has 21 heavy (non-hydrogen) atoms. The van der Waals surface area contributed by atoms with Crippen molar-refractivity contribution in [2.75, 3.05) is 4.90 Å². The molecule has 2 rings (SSSR count). The van der Waals surface area contributed by atoms with E-state index in [2.05, 4.69) is 49.9 Å². The van der Waals surface area contributed by atoms with Crippen LogP contribution in [-0.4, -0.2) is 22.7 Å². The number of carboxylic acid groups (broad SMARTS) is 1. The maximum atomic E-state index is 11.8. The zero-order valence-electron chi connectivity index (χ0n) is 13.8. The molecule has 1 atom stereocenters. The third kappa shape index (κ3) is 2.69. The Kier molecular flexibility index (Phi) is 3.87. The van der Waals surface area contributed by atoms with Crippen molar-refractivity contribution in [1.29, 1.82) is 0 Å². The molecule has 3 heteroatoms. The topological polar surface area (TPSA) is 40.5 Å². The van der Waals surface area contributed by atoms with Crippen LogP contribution in [0.4, 0.5) is 5.69 Å². The third-order valence-electron chi connectivity index (χ3n) is 4.19. The van der Waals surface area contributed by atoms with Gasteiger partial charge in [0.2, 0.25) is 0 Å². The lowest BCUT2D eigenvalue weighted by atomic mass is 9.85. The summed E-state index contributed by atoms with van der Waals surface area (Å²) in [5.41, 5.74) is 4.20. The van der Waals surface area contributed by atoms with Gasteiger partial charge in [0.1, 0.15) is 6.04 Å². The summed E-state index contributed by atoms with van der Waals surface area (Å²) >= 11 is 0. The quantitative estimate of drug-likeness (QED) is 0.909. The van der Waals surface area contributed by atoms with Crippen LogP contribution in [0, 0.1) is 12.8 Å². The number of carbonyl (C=O) groups is 1. The van der Waals surface area contributed by atoms with E-state index >= 15 is 0 Å². The Bertz CT molecular complexity index is 599. The molecule has 1 N–H and O–H groups in total. The van der Waals surface area contributed by atoms with Gasteiger partial charge < -0.3 is 10.0 Å². The first-order valence-electron chi connectivity index (χ1n) is 7.48. The third-order valence-corrected chi connectivity index (χ3v) is 4.19. The summed E-state index contributed by atoms with van der Waals surface area (Å²) in [7, 11) is 0. The molecule has 0 fully saturated rings. The Morgan fingerprint density at radius 1 is 1.24 bits per heavy atom. The zero-order valence-corrected chi connectivity index (χ0v) is 13.8. The molecular formula is C18H25NO2. The molecule has 1 aliphatic rings. The highest BCUT2D eigenvalue weighted by molar-refractivity contribution is 5.87. The molecule has 1 aromatic carbocycles. The molecule has 0 unspecified atom stereocenters. The molecule has 0 amide bonds. The molecular weight excluding hydrogens is 262 g/mol. The Hall–Kier alpha value is -1.77. The average molecular weight is 287 g/mol. The SMILES string of the molecule is CC1=CC(C)(C)N([C@@H](C(=O)O)C(C)C)c2cc(C)ccc21. The lowest BCUT2D eigenvalue weighted by molar-refractivity contribution is -0.140. The van der Waals surface area contributed by atoms with Crippen LogP contribution in [-0.2, 0) is 4.79 Å². The molecule has 0 spiro atoms. The maximum absolute atomic E-state index is 11.8. The molecule has 0 saturated carbocycles. The summed E-state index contributed by atoms with van der Waals surface area (Å²) in [6, 6.07) is 5.74. The summed E-state index contributed by atoms with van der Waals surface area (Å²) in [6.45, 7) is 12.2. The van der Waals surface area contributed by atoms with Gasteiger partial charge in [0, 0.05) is 11.3 Å². The predicted molar refractivity (Wildman–Crippen MR) is 87.6 cm³/mol. The highest BCUT2D eigenvalue weighted by Crippen LogP contribution is 2.41. The molecule has 0 aromatic heterocycles. The van der Waals surface area contributed by atoms with Crippen LogP contribution in [0.3, 0.4) is 0 Å². The van der Waals surface area contributed by atoms with Crippen LogP contribution in [0.1, 0.15) is 45.7 Å². The van der Waals surface area contributed by atoms with E-state index in [9.17, 15) is 9.90 Å². The lowest BCUT2D eigenvalue weighted by Gasteiger charge is -2.47. The van der Waals surface area contributed by atoms with E-state index in [4.69, 9.17) is 0 Å². The predicted octanol–water partition coefficient (Wildman–Crippen LogP) is 4.11. The number of rotatable bonds is 3. The van der Waals surface area contributed by atoms with E-state index < -0.39 is 12.0 Å². The van der Waals surface area contributed by atoms with Crippen molar-refractivity contribution in [2.45, 2.75) is 53.1 Å². The van der Waals surface area contributed by atoms with Crippen molar-refractivity contribution in [3.05, 3.63) is 35.4 Å². The molecule has 1 aliphatic heterocycles. The van der Waals surface area contributed by atoms with Gasteiger partial charge in [0.25, 0.3) is 0 Å². The minimum Gasteiger partial charge on any atom is -0.480 e. The lowest BCUT2D eigenvalue weighted by Crippen LogP contribution is -2.56. The Labute approximate surface area is 127 Å². The number of aryl methyl sites for hydroxylation is 1. The van der Waals surface area contributed by atoms with Crippen molar-refractivity contribution < 1.29 is 9.90 Å². The van der Waals surface area contributed by atoms with Gasteiger partial charge in [-0.2, -0.15) is 0 Å². The Morgan fingerprint density at radius 2 is 1.86 bits per heavy atom. The van der Waals surface area contributed by atoms with E-state index in [1.165, 1.54) is 5.57 Å². The van der Waals surface area contributed by atoms with Crippen molar-refractivity contribution in [1.82, 2.24) is 0 Å². The van der Waals surface area contributed by atoms with E-state index in [0.717, 1.165) is 16.8 Å². The Balaban J connectivity index is 2.69. The molecule has 0 bridgehead atoms. The minimum absolute atomic E-state index is 0.0296. The van der Waals surface area contributed by atoms with Gasteiger partial charge in [-0.1, -0.05) is 32.1 Å². The first kappa shape index (κ1) is 15.6. The number of fused-ring (bicyclic) bond motifs is 1. The van der Waals surface area contributed by atoms with E-state index in [-0.39, 0.29) is 11.5 Å². The first-order chi connectivity index (χ1) is 9.65. The number of nitrogens with zero attached hydrogens (tertiary/aromatic N) is 1. The van der Waals surface area contributed by atoms with Crippen molar-refractivity contribution >= 4 is 17.2 Å². The second-order valence-electron chi connectivity index (χ2n) is 6.90. The molecule has 0 saturated heterocycles. The fourth-order valence-electron chi connectivity index (χ4n) is 3.36. The summed E-state index contributed by atoms with van der Waals surface area (Å²) in [5, 5.41) is 9.73. The summed E-state index contributed by atoms with van der Waals surface area (Å²) < 4.78 is 0. The molecule has 114 valence electrons. The van der Waals surface area contributed by atoms with Crippen molar-refractivity contribution in [2.24, 2.45) is 5.92 Å².